The number of carbonyl (C=O) groups excluding carboxylic acids is 2. The lowest BCUT2D eigenvalue weighted by Crippen LogP contribution is -2.45. The first-order chi connectivity index (χ1) is 17.1. The third-order valence-corrected chi connectivity index (χ3v) is 6.88. The van der Waals surface area contributed by atoms with Gasteiger partial charge in [-0.3, -0.25) is 9.59 Å². The van der Waals surface area contributed by atoms with Crippen molar-refractivity contribution in [2.24, 2.45) is 0 Å². The van der Waals surface area contributed by atoms with E-state index in [1.165, 1.54) is 0 Å². The summed E-state index contributed by atoms with van der Waals surface area (Å²) in [6.45, 7) is 2.84. The summed E-state index contributed by atoms with van der Waals surface area (Å²) in [5, 5.41) is 9.45. The van der Waals surface area contributed by atoms with Gasteiger partial charge in [-0.15, -0.1) is 10.2 Å². The monoisotopic (exact) mass is 489 g/mol. The number of aromatic nitrogens is 2. The van der Waals surface area contributed by atoms with E-state index in [2.05, 4.69) is 15.1 Å². The molecule has 5 rings (SSSR count). The molecule has 7 nitrogen and oxygen atoms in total. The van der Waals surface area contributed by atoms with Crippen LogP contribution in [0.5, 0.6) is 0 Å². The normalized spacial score (nSPS) is 16.0. The predicted octanol–water partition coefficient (Wildman–Crippen LogP) is 4.14. The second kappa shape index (κ2) is 10.4. The van der Waals surface area contributed by atoms with Gasteiger partial charge in [0.1, 0.15) is 6.54 Å². The first kappa shape index (κ1) is 23.3. The molecule has 1 saturated heterocycles. The van der Waals surface area contributed by atoms with Gasteiger partial charge in [-0.25, -0.2) is 0 Å². The molecule has 0 N–H and O–H groups in total. The number of amides is 2. The molecule has 180 valence electrons. The number of carbonyl (C=O) groups is 2. The maximum atomic E-state index is 13.2. The minimum atomic E-state index is -0.0632. The van der Waals surface area contributed by atoms with E-state index in [4.69, 9.17) is 11.6 Å². The number of hydrogen-bond acceptors (Lipinski definition) is 5. The van der Waals surface area contributed by atoms with Crippen molar-refractivity contribution in [3.8, 4) is 11.3 Å². The van der Waals surface area contributed by atoms with E-state index < -0.39 is 0 Å². The fraction of sp³-hybridized carbons (Fsp3) is 0.333. The molecule has 35 heavy (non-hydrogen) atoms. The topological polar surface area (TPSA) is 69.6 Å². The van der Waals surface area contributed by atoms with E-state index in [0.29, 0.717) is 30.2 Å². The number of hydrogen-bond donors (Lipinski definition) is 0. The van der Waals surface area contributed by atoms with Crippen LogP contribution in [-0.4, -0.2) is 70.6 Å². The van der Waals surface area contributed by atoms with Crippen molar-refractivity contribution in [3.63, 3.8) is 0 Å². The van der Waals surface area contributed by atoms with Crippen LogP contribution in [0, 0.1) is 0 Å². The van der Waals surface area contributed by atoms with Crippen molar-refractivity contribution in [2.75, 3.05) is 37.6 Å². The van der Waals surface area contributed by atoms with Crippen LogP contribution in [0.4, 0.5) is 5.82 Å². The molecule has 2 amide bonds. The minimum absolute atomic E-state index is 0.00295. The van der Waals surface area contributed by atoms with Crippen molar-refractivity contribution in [2.45, 2.75) is 25.3 Å². The average Bonchev–Trinajstić information content (AvgIpc) is 3.75. The van der Waals surface area contributed by atoms with Gasteiger partial charge in [0.15, 0.2) is 5.82 Å². The summed E-state index contributed by atoms with van der Waals surface area (Å²) < 4.78 is 0. The van der Waals surface area contributed by atoms with Gasteiger partial charge >= 0.3 is 0 Å². The fourth-order valence-corrected chi connectivity index (χ4v) is 4.68. The lowest BCUT2D eigenvalue weighted by atomic mass is 10.1. The van der Waals surface area contributed by atoms with Crippen LogP contribution in [0.1, 0.15) is 29.6 Å². The molecule has 2 heterocycles. The van der Waals surface area contributed by atoms with Crippen molar-refractivity contribution in [1.82, 2.24) is 20.0 Å². The lowest BCUT2D eigenvalue weighted by Gasteiger charge is -2.27. The van der Waals surface area contributed by atoms with Gasteiger partial charge in [-0.1, -0.05) is 48.0 Å². The molecule has 2 aliphatic rings. The second-order valence-electron chi connectivity index (χ2n) is 9.01. The van der Waals surface area contributed by atoms with Crippen LogP contribution in [0.25, 0.3) is 11.3 Å². The van der Waals surface area contributed by atoms with Gasteiger partial charge in [0, 0.05) is 43.3 Å². The summed E-state index contributed by atoms with van der Waals surface area (Å²) in [4.78, 5) is 32.0. The molecular formula is C27H28ClN5O2. The lowest BCUT2D eigenvalue weighted by molar-refractivity contribution is -0.131. The molecule has 1 aromatic heterocycles. The highest BCUT2D eigenvalue weighted by molar-refractivity contribution is 6.33. The minimum Gasteiger partial charge on any atom is -0.353 e. The van der Waals surface area contributed by atoms with E-state index in [1.54, 1.807) is 4.90 Å². The zero-order valence-electron chi connectivity index (χ0n) is 19.5. The van der Waals surface area contributed by atoms with Crippen LogP contribution in [0.2, 0.25) is 5.02 Å². The van der Waals surface area contributed by atoms with Crippen molar-refractivity contribution < 1.29 is 9.59 Å². The van der Waals surface area contributed by atoms with E-state index in [0.717, 1.165) is 42.9 Å². The van der Waals surface area contributed by atoms with E-state index in [-0.39, 0.29) is 24.4 Å². The zero-order chi connectivity index (χ0) is 24.2. The molecule has 1 aliphatic carbocycles. The molecule has 3 aromatic rings. The number of rotatable bonds is 6. The van der Waals surface area contributed by atoms with Crippen molar-refractivity contribution in [1.29, 1.82) is 0 Å². The number of halogens is 1. The highest BCUT2D eigenvalue weighted by Gasteiger charge is 2.35. The maximum absolute atomic E-state index is 13.2. The first-order valence-corrected chi connectivity index (χ1v) is 12.5. The first-order valence-electron chi connectivity index (χ1n) is 12.1. The fourth-order valence-electron chi connectivity index (χ4n) is 4.45. The molecular weight excluding hydrogens is 462 g/mol. The smallest absolute Gasteiger partial charge is 0.254 e. The summed E-state index contributed by atoms with van der Waals surface area (Å²) in [5.41, 5.74) is 2.22. The molecule has 8 heteroatoms. The Morgan fingerprint density at radius 2 is 1.66 bits per heavy atom. The predicted molar refractivity (Wildman–Crippen MR) is 136 cm³/mol. The number of anilines is 1. The Hall–Kier alpha value is -3.45. The quantitative estimate of drug-likeness (QED) is 0.520. The highest BCUT2D eigenvalue weighted by atomic mass is 35.5. The highest BCUT2D eigenvalue weighted by Crippen LogP contribution is 2.29. The van der Waals surface area contributed by atoms with Crippen LogP contribution in [0.3, 0.4) is 0 Å². The largest absolute Gasteiger partial charge is 0.353 e. The number of nitrogens with zero attached hydrogens (tertiary/aromatic N) is 5. The molecule has 0 atom stereocenters. The van der Waals surface area contributed by atoms with Crippen LogP contribution >= 0.6 is 11.6 Å². The second-order valence-corrected chi connectivity index (χ2v) is 9.42. The van der Waals surface area contributed by atoms with Crippen LogP contribution < -0.4 is 4.90 Å². The van der Waals surface area contributed by atoms with E-state index >= 15 is 0 Å². The molecule has 0 spiro atoms. The van der Waals surface area contributed by atoms with Gasteiger partial charge in [-0.2, -0.15) is 0 Å². The summed E-state index contributed by atoms with van der Waals surface area (Å²) in [7, 11) is 0. The Bertz CT molecular complexity index is 1180. The van der Waals surface area contributed by atoms with Crippen molar-refractivity contribution >= 4 is 29.2 Å². The standard InChI is InChI=1S/C27H28ClN5O2/c28-23-10-5-4-9-22(23)24-13-14-25(30-29-24)31-15-6-16-32(18-17-31)26(34)19-33(21-11-12-21)27(35)20-7-2-1-3-8-20/h1-5,7-10,13-14,21H,6,11-12,15-19H2. The average molecular weight is 490 g/mol. The Morgan fingerprint density at radius 3 is 2.37 bits per heavy atom. The molecule has 0 radical (unpaired) electrons. The molecule has 2 aromatic carbocycles. The molecule has 1 aliphatic heterocycles. The van der Waals surface area contributed by atoms with Gasteiger partial charge < -0.3 is 14.7 Å². The van der Waals surface area contributed by atoms with Gasteiger partial charge in [0.05, 0.1) is 10.7 Å². The molecule has 0 unspecified atom stereocenters. The Balaban J connectivity index is 1.21. The van der Waals surface area contributed by atoms with Crippen molar-refractivity contribution in [3.05, 3.63) is 77.3 Å². The van der Waals surface area contributed by atoms with Crippen LogP contribution in [-0.2, 0) is 4.79 Å². The van der Waals surface area contributed by atoms with E-state index in [1.807, 2.05) is 71.6 Å². The van der Waals surface area contributed by atoms with Gasteiger partial charge in [0.25, 0.3) is 5.91 Å². The number of benzene rings is 2. The Kier molecular flexibility index (Phi) is 6.95. The van der Waals surface area contributed by atoms with Crippen LogP contribution in [0.15, 0.2) is 66.7 Å². The Labute approximate surface area is 210 Å². The Morgan fingerprint density at radius 1 is 0.886 bits per heavy atom. The molecule has 2 fully saturated rings. The third kappa shape index (κ3) is 5.46. The SMILES string of the molecule is O=C(CN(C(=O)c1ccccc1)C1CC1)N1CCCN(c2ccc(-c3ccccc3Cl)nn2)CC1. The third-order valence-electron chi connectivity index (χ3n) is 6.55. The summed E-state index contributed by atoms with van der Waals surface area (Å²) in [6, 6.07) is 20.8. The van der Waals surface area contributed by atoms with Gasteiger partial charge in [-0.05, 0) is 49.6 Å². The summed E-state index contributed by atoms with van der Waals surface area (Å²) in [5.74, 6) is 0.726. The summed E-state index contributed by atoms with van der Waals surface area (Å²) >= 11 is 6.29. The summed E-state index contributed by atoms with van der Waals surface area (Å²) in [6.07, 6.45) is 2.75. The van der Waals surface area contributed by atoms with Gasteiger partial charge in [0.2, 0.25) is 5.91 Å². The zero-order valence-corrected chi connectivity index (χ0v) is 20.3. The molecule has 0 bridgehead atoms. The molecule has 1 saturated carbocycles. The maximum Gasteiger partial charge on any atom is 0.254 e. The van der Waals surface area contributed by atoms with E-state index in [9.17, 15) is 9.59 Å².